The predicted molar refractivity (Wildman–Crippen MR) is 272 cm³/mol. The van der Waals surface area contributed by atoms with Gasteiger partial charge in [-0.05, 0) is 70.3 Å². The van der Waals surface area contributed by atoms with Gasteiger partial charge in [0.2, 0.25) is 35.4 Å². The molecular weight excluding hydrogens is 993 g/mol. The van der Waals surface area contributed by atoms with E-state index < -0.39 is 163 Å². The summed E-state index contributed by atoms with van der Waals surface area (Å²) in [6.07, 6.45) is -3.22. The number of primary amides is 2. The Kier molecular flexibility index (Phi) is 32.4. The highest BCUT2D eigenvalue weighted by atomic mass is 32.2. The van der Waals surface area contributed by atoms with Crippen LogP contribution in [0.15, 0.2) is 22.3 Å². The van der Waals surface area contributed by atoms with E-state index in [1.165, 1.54) is 18.7 Å². The van der Waals surface area contributed by atoms with Crippen molar-refractivity contribution in [1.29, 1.82) is 0 Å². The second-order valence-corrected chi connectivity index (χ2v) is 18.8. The third-order valence-electron chi connectivity index (χ3n) is 11.5. The van der Waals surface area contributed by atoms with Crippen LogP contribution in [0.2, 0.25) is 0 Å². The number of rotatable bonds is 42. The molecule has 27 nitrogen and oxygen atoms in total. The quantitative estimate of drug-likeness (QED) is 0.0137. The van der Waals surface area contributed by atoms with Crippen LogP contribution in [-0.4, -0.2) is 147 Å². The van der Waals surface area contributed by atoms with Crippen LogP contribution in [0.1, 0.15) is 117 Å². The largest absolute Gasteiger partial charge is 0.513 e. The highest BCUT2D eigenvalue weighted by molar-refractivity contribution is 7.98. The number of aliphatic imine (C=N–C) groups is 2. The van der Waals surface area contributed by atoms with Gasteiger partial charge >= 0.3 is 11.9 Å². The second-order valence-electron chi connectivity index (χ2n) is 17.8. The van der Waals surface area contributed by atoms with E-state index >= 15 is 0 Å². The Balaban J connectivity index is 6.92. The Labute approximate surface area is 433 Å². The second kappa shape index (κ2) is 35.9. The van der Waals surface area contributed by atoms with Gasteiger partial charge in [-0.3, -0.25) is 67.5 Å². The average Bonchev–Trinajstić information content (AvgIpc) is 3.29. The number of carbonyl (C=O) groups excluding carboxylic acids is 10. The van der Waals surface area contributed by atoms with Gasteiger partial charge in [-0.25, -0.2) is 0 Å². The Bertz CT molecular complexity index is 2060. The van der Waals surface area contributed by atoms with E-state index in [2.05, 4.69) is 37.8 Å². The van der Waals surface area contributed by atoms with E-state index in [1.54, 1.807) is 6.26 Å². The molecule has 74 heavy (non-hydrogen) atoms. The number of allylic oxidation sites excluding steroid dienone is 1. The van der Waals surface area contributed by atoms with Crippen molar-refractivity contribution in [2.45, 2.75) is 141 Å². The first-order chi connectivity index (χ1) is 34.6. The normalized spacial score (nSPS) is 14.1. The summed E-state index contributed by atoms with van der Waals surface area (Å²) in [5, 5.41) is 38.3. The molecule has 28 heteroatoms. The number of Topliss-reactive ketones (excluding diaryl/α,β-unsaturated/α-hetero) is 4. The van der Waals surface area contributed by atoms with Crippen molar-refractivity contribution in [3.05, 3.63) is 12.3 Å². The first kappa shape index (κ1) is 66.9. The SMILES string of the molecule is C=C(O)CC(CC(=O)C(C)NC(=O)C(CCCN=C(N)N)CC(=O)C(CCCN=C(N)N)NC(=O)C(CCC(N)=O)CC(=O)C(CCSC)NC(=O)C(CCC(=O)O)CC(=O)C(CCC(=O)O)NC(C)=O)C(N)=O. The molecule has 0 aliphatic carbocycles. The molecule has 0 aliphatic heterocycles. The first-order valence-corrected chi connectivity index (χ1v) is 25.2. The molecule has 0 heterocycles. The zero-order valence-corrected chi connectivity index (χ0v) is 43.1. The highest BCUT2D eigenvalue weighted by Crippen LogP contribution is 2.22. The van der Waals surface area contributed by atoms with Crippen molar-refractivity contribution in [1.82, 2.24) is 21.3 Å². The van der Waals surface area contributed by atoms with Gasteiger partial charge in [0.25, 0.3) is 0 Å². The Morgan fingerprint density at radius 2 is 0.919 bits per heavy atom. The molecule has 0 aliphatic rings. The number of nitrogens with two attached hydrogens (primary N) is 6. The van der Waals surface area contributed by atoms with Crippen LogP contribution >= 0.6 is 11.8 Å². The summed E-state index contributed by atoms with van der Waals surface area (Å²) in [5.41, 5.74) is 32.7. The maximum absolute atomic E-state index is 14.3. The zero-order valence-electron chi connectivity index (χ0n) is 42.3. The predicted octanol–water partition coefficient (Wildman–Crippen LogP) is -1.93. The maximum Gasteiger partial charge on any atom is 0.303 e. The highest BCUT2D eigenvalue weighted by Gasteiger charge is 2.35. The van der Waals surface area contributed by atoms with E-state index in [0.717, 1.165) is 6.92 Å². The van der Waals surface area contributed by atoms with Crippen molar-refractivity contribution in [2.24, 2.45) is 68.1 Å². The summed E-state index contributed by atoms with van der Waals surface area (Å²) in [6.45, 7) is 5.80. The summed E-state index contributed by atoms with van der Waals surface area (Å²) in [5.74, 6) is -15.9. The minimum absolute atomic E-state index is 0.00431. The minimum Gasteiger partial charge on any atom is -0.513 e. The Morgan fingerprint density at radius 3 is 1.34 bits per heavy atom. The topological polar surface area (TPSA) is 494 Å². The van der Waals surface area contributed by atoms with Gasteiger partial charge in [-0.2, -0.15) is 11.8 Å². The summed E-state index contributed by atoms with van der Waals surface area (Å²) in [4.78, 5) is 163. The van der Waals surface area contributed by atoms with Gasteiger partial charge in [0.1, 0.15) is 0 Å². The Hall–Kier alpha value is -7.13. The molecule has 0 rings (SSSR count). The van der Waals surface area contributed by atoms with Crippen molar-refractivity contribution >= 4 is 94.2 Å². The molecule has 8 atom stereocenters. The fraction of sp³-hybridized carbons (Fsp3) is 0.652. The molecule has 416 valence electrons. The number of nitrogens with zero attached hydrogens (tertiary/aromatic N) is 2. The van der Waals surface area contributed by atoms with Crippen LogP contribution < -0.4 is 55.7 Å². The van der Waals surface area contributed by atoms with Crippen molar-refractivity contribution < 1.29 is 72.9 Å². The third-order valence-corrected chi connectivity index (χ3v) is 12.1. The number of carbonyl (C=O) groups is 12. The van der Waals surface area contributed by atoms with Gasteiger partial charge in [-0.15, -0.1) is 0 Å². The summed E-state index contributed by atoms with van der Waals surface area (Å²) in [6, 6.07) is -5.23. The number of hydrogen-bond acceptors (Lipinski definition) is 16. The maximum atomic E-state index is 14.3. The minimum atomic E-state index is -1.37. The lowest BCUT2D eigenvalue weighted by atomic mass is 9.89. The zero-order chi connectivity index (χ0) is 56.7. The van der Waals surface area contributed by atoms with Gasteiger partial charge in [0, 0.05) is 89.1 Å². The smallest absolute Gasteiger partial charge is 0.303 e. The average molecular weight is 1070 g/mol. The monoisotopic (exact) mass is 1070 g/mol. The fourth-order valence-electron chi connectivity index (χ4n) is 7.45. The first-order valence-electron chi connectivity index (χ1n) is 23.8. The number of hydrogen-bond donors (Lipinski definition) is 13. The molecule has 0 aromatic rings. The van der Waals surface area contributed by atoms with E-state index in [-0.39, 0.29) is 94.3 Å². The van der Waals surface area contributed by atoms with Crippen molar-refractivity contribution in [3.8, 4) is 0 Å². The van der Waals surface area contributed by atoms with Gasteiger partial charge in [-0.1, -0.05) is 6.58 Å². The van der Waals surface area contributed by atoms with Crippen molar-refractivity contribution in [3.63, 3.8) is 0 Å². The van der Waals surface area contributed by atoms with Gasteiger partial charge in [0.05, 0.1) is 35.8 Å². The van der Waals surface area contributed by atoms with Gasteiger partial charge < -0.3 is 71.0 Å². The number of thioether (sulfide) groups is 1. The molecular formula is C46H76N12O15S. The number of guanidine groups is 2. The molecule has 0 aromatic carbocycles. The fourth-order valence-corrected chi connectivity index (χ4v) is 7.93. The number of amides is 6. The molecule has 6 amide bonds. The molecule has 0 saturated carbocycles. The van der Waals surface area contributed by atoms with E-state index in [9.17, 15) is 72.9 Å². The number of ketones is 4. The van der Waals surface area contributed by atoms with Crippen LogP contribution in [0.5, 0.6) is 0 Å². The molecule has 19 N–H and O–H groups in total. The number of carboxylic acid groups (broad SMARTS) is 2. The standard InChI is InChI=1S/C46H76N12O15S/c1-24(59)19-30(41(48)70)23-34(61)25(2)55-42(71)27(7-5-16-53-45(49)50)20-35(62)31(8-6-17-54-46(51)52)57-43(72)28(9-12-38(47)65)21-37(64)33(15-18-74-4)58-44(73)29(10-13-39(66)67)22-36(63)32(56-26(3)60)11-14-40(68)69/h25,27-33,59H,1,5-23H2,2-4H3,(H2,47,65)(H2,48,70)(H,55,71)(H,56,60)(H,57,72)(H,58,73)(H,66,67)(H,68,69)(H4,49,50,53)(H4,51,52,54). The van der Waals surface area contributed by atoms with E-state index in [0.29, 0.717) is 0 Å². The van der Waals surface area contributed by atoms with Crippen molar-refractivity contribution in [2.75, 3.05) is 25.1 Å². The van der Waals surface area contributed by atoms with E-state index in [1.807, 2.05) is 0 Å². The molecule has 0 spiro atoms. The van der Waals surface area contributed by atoms with Crippen LogP contribution in [0.4, 0.5) is 0 Å². The summed E-state index contributed by atoms with van der Waals surface area (Å²) >= 11 is 1.29. The number of aliphatic carboxylic acids is 2. The molecule has 0 bridgehead atoms. The molecule has 0 radical (unpaired) electrons. The molecule has 0 aromatic heterocycles. The lowest BCUT2D eigenvalue weighted by Gasteiger charge is -2.26. The van der Waals surface area contributed by atoms with Crippen LogP contribution in [0, 0.1) is 23.7 Å². The lowest BCUT2D eigenvalue weighted by molar-refractivity contribution is -0.140. The van der Waals surface area contributed by atoms with Gasteiger partial charge in [0.15, 0.2) is 35.1 Å². The third kappa shape index (κ3) is 30.0. The number of aliphatic hydroxyl groups is 1. The van der Waals surface area contributed by atoms with E-state index in [4.69, 9.17) is 34.4 Å². The van der Waals surface area contributed by atoms with Crippen LogP contribution in [0.25, 0.3) is 0 Å². The molecule has 8 unspecified atom stereocenters. The lowest BCUT2D eigenvalue weighted by Crippen LogP contribution is -2.48. The number of nitrogens with one attached hydrogen (secondary N) is 4. The summed E-state index contributed by atoms with van der Waals surface area (Å²) in [7, 11) is 0. The van der Waals surface area contributed by atoms with Crippen LogP contribution in [-0.2, 0) is 57.5 Å². The Morgan fingerprint density at radius 1 is 0.514 bits per heavy atom. The summed E-state index contributed by atoms with van der Waals surface area (Å²) < 4.78 is 0. The van der Waals surface area contributed by atoms with Crippen LogP contribution in [0.3, 0.4) is 0 Å². The molecule has 0 saturated heterocycles. The number of carboxylic acids is 2. The molecule has 0 fully saturated rings. The number of aliphatic hydroxyl groups excluding tert-OH is 1.